The van der Waals surface area contributed by atoms with Crippen molar-refractivity contribution in [3.8, 4) is 0 Å². The first-order valence-electron chi connectivity index (χ1n) is 4.91. The van der Waals surface area contributed by atoms with Crippen LogP contribution in [0.1, 0.15) is 22.3 Å². The van der Waals surface area contributed by atoms with Crippen molar-refractivity contribution < 1.29 is 14.0 Å². The van der Waals surface area contributed by atoms with Crippen LogP contribution in [-0.2, 0) is 4.79 Å². The molecular formula is C11H12BrFN2O2. The quantitative estimate of drug-likeness (QED) is 0.835. The Labute approximate surface area is 107 Å². The van der Waals surface area contributed by atoms with Gasteiger partial charge in [-0.1, -0.05) is 15.9 Å². The Kier molecular flexibility index (Phi) is 4.62. The van der Waals surface area contributed by atoms with Crippen molar-refractivity contribution in [2.24, 2.45) is 5.73 Å². The lowest BCUT2D eigenvalue weighted by molar-refractivity contribution is -0.115. The normalized spacial score (nSPS) is 10.1. The van der Waals surface area contributed by atoms with Crippen LogP contribution in [0.2, 0.25) is 0 Å². The molecule has 0 aliphatic carbocycles. The van der Waals surface area contributed by atoms with Gasteiger partial charge in [0.1, 0.15) is 5.82 Å². The Balaban J connectivity index is 3.05. The largest absolute Gasteiger partial charge is 0.366 e. The molecule has 1 rings (SSSR count). The molecule has 0 bridgehead atoms. The summed E-state index contributed by atoms with van der Waals surface area (Å²) in [6.07, 6.45) is 0.266. The van der Waals surface area contributed by atoms with Crippen LogP contribution in [0.25, 0.3) is 0 Å². The van der Waals surface area contributed by atoms with Gasteiger partial charge in [-0.25, -0.2) is 4.39 Å². The first-order valence-corrected chi connectivity index (χ1v) is 6.03. The summed E-state index contributed by atoms with van der Waals surface area (Å²) in [6, 6.07) is 2.42. The number of primary amides is 1. The molecule has 0 heterocycles. The van der Waals surface area contributed by atoms with Crippen LogP contribution in [0, 0.1) is 12.7 Å². The number of nitrogens with one attached hydrogen (secondary N) is 1. The summed E-state index contributed by atoms with van der Waals surface area (Å²) in [5, 5.41) is 3.04. The van der Waals surface area contributed by atoms with Gasteiger partial charge < -0.3 is 11.1 Å². The van der Waals surface area contributed by atoms with E-state index in [0.29, 0.717) is 5.33 Å². The zero-order valence-electron chi connectivity index (χ0n) is 9.22. The maximum atomic E-state index is 13.5. The van der Waals surface area contributed by atoms with Gasteiger partial charge in [-0.3, -0.25) is 9.59 Å². The minimum atomic E-state index is -0.736. The lowest BCUT2D eigenvalue weighted by Crippen LogP contribution is -2.16. The van der Waals surface area contributed by atoms with E-state index < -0.39 is 11.7 Å². The van der Waals surface area contributed by atoms with Gasteiger partial charge >= 0.3 is 0 Å². The van der Waals surface area contributed by atoms with Crippen LogP contribution in [-0.4, -0.2) is 17.1 Å². The van der Waals surface area contributed by atoms with Crippen LogP contribution in [0.5, 0.6) is 0 Å². The third kappa shape index (κ3) is 3.52. The minimum absolute atomic E-state index is 0.0299. The molecule has 0 radical (unpaired) electrons. The summed E-state index contributed by atoms with van der Waals surface area (Å²) in [5.74, 6) is -1.57. The van der Waals surface area contributed by atoms with Crippen molar-refractivity contribution in [1.29, 1.82) is 0 Å². The highest BCUT2D eigenvalue weighted by atomic mass is 79.9. The fourth-order valence-electron chi connectivity index (χ4n) is 1.25. The number of hydrogen-bond donors (Lipinski definition) is 2. The van der Waals surface area contributed by atoms with Crippen molar-refractivity contribution in [3.63, 3.8) is 0 Å². The number of nitrogens with two attached hydrogens (primary N) is 1. The van der Waals surface area contributed by atoms with Crippen LogP contribution in [0.4, 0.5) is 10.1 Å². The van der Waals surface area contributed by atoms with Gasteiger partial charge in [-0.05, 0) is 19.1 Å². The average molecular weight is 303 g/mol. The molecule has 0 atom stereocenters. The number of carbonyl (C=O) groups excluding carboxylic acids is 2. The van der Waals surface area contributed by atoms with Crippen LogP contribution in [0.3, 0.4) is 0 Å². The van der Waals surface area contributed by atoms with E-state index in [1.807, 2.05) is 0 Å². The van der Waals surface area contributed by atoms with Gasteiger partial charge in [0.05, 0.1) is 0 Å². The maximum Gasteiger partial charge on any atom is 0.248 e. The summed E-state index contributed by atoms with van der Waals surface area (Å²) < 4.78 is 13.5. The fraction of sp³-hybridized carbons (Fsp3) is 0.273. The second kappa shape index (κ2) is 5.77. The van der Waals surface area contributed by atoms with E-state index in [1.54, 1.807) is 0 Å². The number of anilines is 1. The van der Waals surface area contributed by atoms with E-state index in [2.05, 4.69) is 21.2 Å². The Hall–Kier alpha value is -1.43. The van der Waals surface area contributed by atoms with Crippen molar-refractivity contribution >= 4 is 33.4 Å². The van der Waals surface area contributed by atoms with Gasteiger partial charge in [0.25, 0.3) is 0 Å². The van der Waals surface area contributed by atoms with E-state index in [0.717, 1.165) is 6.07 Å². The smallest absolute Gasteiger partial charge is 0.248 e. The summed E-state index contributed by atoms with van der Waals surface area (Å²) in [5.41, 5.74) is 5.64. The molecule has 3 N–H and O–H groups in total. The molecule has 92 valence electrons. The number of benzene rings is 1. The molecule has 6 heteroatoms. The number of halogens is 2. The second-order valence-electron chi connectivity index (χ2n) is 3.48. The minimum Gasteiger partial charge on any atom is -0.366 e. The SMILES string of the molecule is Cc1c(F)cc(C(N)=O)cc1NC(=O)CCBr. The predicted molar refractivity (Wildman–Crippen MR) is 66.7 cm³/mol. The molecule has 0 spiro atoms. The van der Waals surface area contributed by atoms with Gasteiger partial charge in [-0.2, -0.15) is 0 Å². The molecule has 0 fully saturated rings. The molecule has 1 aromatic rings. The van der Waals surface area contributed by atoms with E-state index in [4.69, 9.17) is 5.73 Å². The van der Waals surface area contributed by atoms with Gasteiger partial charge in [0.15, 0.2) is 0 Å². The van der Waals surface area contributed by atoms with E-state index >= 15 is 0 Å². The molecule has 17 heavy (non-hydrogen) atoms. The zero-order valence-corrected chi connectivity index (χ0v) is 10.8. The molecular weight excluding hydrogens is 291 g/mol. The molecule has 2 amide bonds. The Morgan fingerprint density at radius 2 is 2.12 bits per heavy atom. The molecule has 4 nitrogen and oxygen atoms in total. The van der Waals surface area contributed by atoms with Crippen molar-refractivity contribution in [1.82, 2.24) is 0 Å². The Morgan fingerprint density at radius 1 is 1.47 bits per heavy atom. The van der Waals surface area contributed by atoms with Gasteiger partial charge in [0.2, 0.25) is 11.8 Å². The summed E-state index contributed by atoms with van der Waals surface area (Å²) in [7, 11) is 0. The van der Waals surface area contributed by atoms with Crippen LogP contribution in [0.15, 0.2) is 12.1 Å². The highest BCUT2D eigenvalue weighted by Crippen LogP contribution is 2.20. The zero-order chi connectivity index (χ0) is 13.0. The number of carbonyl (C=O) groups is 2. The molecule has 0 saturated carbocycles. The van der Waals surface area contributed by atoms with Gasteiger partial charge in [0, 0.05) is 28.6 Å². The second-order valence-corrected chi connectivity index (χ2v) is 4.28. The van der Waals surface area contributed by atoms with Crippen molar-refractivity contribution in [2.45, 2.75) is 13.3 Å². The van der Waals surface area contributed by atoms with Crippen LogP contribution >= 0.6 is 15.9 Å². The first kappa shape index (κ1) is 13.6. The van der Waals surface area contributed by atoms with Crippen LogP contribution < -0.4 is 11.1 Å². The number of hydrogen-bond acceptors (Lipinski definition) is 2. The molecule has 0 saturated heterocycles. The summed E-state index contributed by atoms with van der Waals surface area (Å²) >= 11 is 3.12. The first-order chi connectivity index (χ1) is 7.95. The predicted octanol–water partition coefficient (Wildman–Crippen LogP) is 1.96. The van der Waals surface area contributed by atoms with Crippen molar-refractivity contribution in [2.75, 3.05) is 10.6 Å². The summed E-state index contributed by atoms with van der Waals surface area (Å²) in [6.45, 7) is 1.52. The fourth-order valence-corrected chi connectivity index (χ4v) is 1.61. The maximum absolute atomic E-state index is 13.5. The van der Waals surface area contributed by atoms with E-state index in [1.165, 1.54) is 13.0 Å². The monoisotopic (exact) mass is 302 g/mol. The van der Waals surface area contributed by atoms with Crippen molar-refractivity contribution in [3.05, 3.63) is 29.1 Å². The molecule has 0 aliphatic heterocycles. The number of amides is 2. The Bertz CT molecular complexity index is 463. The highest BCUT2D eigenvalue weighted by molar-refractivity contribution is 9.09. The number of rotatable bonds is 4. The summed E-state index contributed by atoms with van der Waals surface area (Å²) in [4.78, 5) is 22.3. The number of alkyl halides is 1. The van der Waals surface area contributed by atoms with E-state index in [-0.39, 0.29) is 29.1 Å². The topological polar surface area (TPSA) is 72.2 Å². The third-order valence-corrected chi connectivity index (χ3v) is 2.62. The molecule has 0 unspecified atom stereocenters. The average Bonchev–Trinajstić information content (AvgIpc) is 2.24. The highest BCUT2D eigenvalue weighted by Gasteiger charge is 2.12. The van der Waals surface area contributed by atoms with Gasteiger partial charge in [-0.15, -0.1) is 0 Å². The Morgan fingerprint density at radius 3 is 2.65 bits per heavy atom. The third-order valence-electron chi connectivity index (χ3n) is 2.22. The van der Waals surface area contributed by atoms with E-state index in [9.17, 15) is 14.0 Å². The lowest BCUT2D eigenvalue weighted by atomic mass is 10.1. The lowest BCUT2D eigenvalue weighted by Gasteiger charge is -2.10. The molecule has 1 aromatic carbocycles. The standard InChI is InChI=1S/C11H12BrFN2O2/c1-6-8(13)4-7(11(14)17)5-9(6)15-10(16)2-3-12/h4-5H,2-3H2,1H3,(H2,14,17)(H,15,16). The molecule has 0 aromatic heterocycles. The molecule has 0 aliphatic rings.